The number of aromatic amines is 1. The second-order valence-corrected chi connectivity index (χ2v) is 9.39. The third-order valence-corrected chi connectivity index (χ3v) is 5.76. The molecule has 1 amide bonds. The topological polar surface area (TPSA) is 88.2 Å². The van der Waals surface area contributed by atoms with Gasteiger partial charge in [0.15, 0.2) is 0 Å². The molecule has 10 heteroatoms. The van der Waals surface area contributed by atoms with Crippen LogP contribution >= 0.6 is 0 Å². The van der Waals surface area contributed by atoms with E-state index in [-0.39, 0.29) is 12.1 Å². The Morgan fingerprint density at radius 1 is 1.22 bits per heavy atom. The molecule has 0 bridgehead atoms. The third-order valence-electron chi connectivity index (χ3n) is 5.76. The molecule has 0 aromatic carbocycles. The number of alkyl halides is 3. The normalized spacial score (nSPS) is 18.0. The maximum Gasteiger partial charge on any atom is 0.417 e. The lowest BCUT2D eigenvalue weighted by molar-refractivity contribution is -0.137. The van der Waals surface area contributed by atoms with Crippen LogP contribution < -0.4 is 5.56 Å². The van der Waals surface area contributed by atoms with Crippen LogP contribution in [0.3, 0.4) is 0 Å². The van der Waals surface area contributed by atoms with Crippen LogP contribution in [0.1, 0.15) is 68.2 Å². The van der Waals surface area contributed by atoms with Crippen molar-refractivity contribution in [1.29, 1.82) is 0 Å². The van der Waals surface area contributed by atoms with Crippen LogP contribution in [0.5, 0.6) is 0 Å². The standard InChI is InChI=1S/C22H25F3N4O3/c1-20(2,3)32-19(31)29-8-4-5-16-15(12-29)17(30)28-18(27-16)21(6-7-21)13-9-14(11-26-10-13)22(23,24)25/h9-11H,4-8,12H2,1-3H3,(H,27,28,30). The highest BCUT2D eigenvalue weighted by Gasteiger charge is 2.50. The first-order valence-corrected chi connectivity index (χ1v) is 10.5. The van der Waals surface area contributed by atoms with E-state index in [9.17, 15) is 22.8 Å². The Bertz CT molecular complexity index is 1100. The Morgan fingerprint density at radius 2 is 1.94 bits per heavy atom. The minimum absolute atomic E-state index is 0.0744. The molecule has 7 nitrogen and oxygen atoms in total. The first-order chi connectivity index (χ1) is 14.9. The van der Waals surface area contributed by atoms with Gasteiger partial charge in [0, 0.05) is 18.9 Å². The van der Waals surface area contributed by atoms with Gasteiger partial charge in [-0.1, -0.05) is 0 Å². The smallest absolute Gasteiger partial charge is 0.417 e. The number of nitrogens with one attached hydrogen (secondary N) is 1. The molecule has 1 fully saturated rings. The first kappa shape index (κ1) is 22.3. The van der Waals surface area contributed by atoms with E-state index in [1.165, 1.54) is 11.1 Å². The third kappa shape index (κ3) is 4.35. The summed E-state index contributed by atoms with van der Waals surface area (Å²) in [6.45, 7) is 5.81. The van der Waals surface area contributed by atoms with E-state index in [0.717, 1.165) is 12.3 Å². The van der Waals surface area contributed by atoms with Crippen molar-refractivity contribution in [3.05, 3.63) is 57.0 Å². The molecule has 0 atom stereocenters. The summed E-state index contributed by atoms with van der Waals surface area (Å²) in [6.07, 6.45) is -0.580. The largest absolute Gasteiger partial charge is 0.444 e. The van der Waals surface area contributed by atoms with E-state index in [1.54, 1.807) is 20.8 Å². The fraction of sp³-hybridized carbons (Fsp3) is 0.545. The molecule has 2 aromatic rings. The van der Waals surface area contributed by atoms with Gasteiger partial charge in [-0.05, 0) is 58.1 Å². The molecule has 1 aliphatic carbocycles. The fourth-order valence-corrected chi connectivity index (χ4v) is 3.97. The van der Waals surface area contributed by atoms with Crippen molar-refractivity contribution >= 4 is 6.09 Å². The van der Waals surface area contributed by atoms with E-state index in [1.807, 2.05) is 0 Å². The zero-order chi connectivity index (χ0) is 23.3. The minimum Gasteiger partial charge on any atom is -0.444 e. The average molecular weight is 450 g/mol. The Hall–Kier alpha value is -2.91. The predicted octanol–water partition coefficient (Wildman–Crippen LogP) is 3.95. The maximum absolute atomic E-state index is 13.2. The lowest BCUT2D eigenvalue weighted by Crippen LogP contribution is -2.37. The number of carbonyl (C=O) groups is 1. The van der Waals surface area contributed by atoms with Crippen molar-refractivity contribution in [1.82, 2.24) is 19.9 Å². The summed E-state index contributed by atoms with van der Waals surface area (Å²) in [5, 5.41) is 0. The summed E-state index contributed by atoms with van der Waals surface area (Å²) in [6, 6.07) is 1.08. The van der Waals surface area contributed by atoms with Crippen LogP contribution in [0, 0.1) is 0 Å². The van der Waals surface area contributed by atoms with E-state index in [2.05, 4.69) is 15.0 Å². The molecular formula is C22H25F3N4O3. The summed E-state index contributed by atoms with van der Waals surface area (Å²) in [4.78, 5) is 38.1. The van der Waals surface area contributed by atoms with Crippen molar-refractivity contribution in [2.45, 2.75) is 70.2 Å². The number of pyridine rings is 1. The van der Waals surface area contributed by atoms with Crippen LogP contribution in [0.25, 0.3) is 0 Å². The van der Waals surface area contributed by atoms with Gasteiger partial charge in [0.25, 0.3) is 5.56 Å². The number of halogens is 3. The summed E-state index contributed by atoms with van der Waals surface area (Å²) in [5.74, 6) is 0.355. The van der Waals surface area contributed by atoms with Gasteiger partial charge in [-0.2, -0.15) is 13.2 Å². The number of ether oxygens (including phenoxy) is 1. The summed E-state index contributed by atoms with van der Waals surface area (Å²) >= 11 is 0. The average Bonchev–Trinajstić information content (AvgIpc) is 3.50. The van der Waals surface area contributed by atoms with Crippen LogP contribution in [0.4, 0.5) is 18.0 Å². The van der Waals surface area contributed by atoms with Crippen molar-refractivity contribution in [3.8, 4) is 0 Å². The predicted molar refractivity (Wildman–Crippen MR) is 109 cm³/mol. The molecule has 2 aromatic heterocycles. The van der Waals surface area contributed by atoms with Crippen LogP contribution in [-0.2, 0) is 29.3 Å². The number of aromatic nitrogens is 3. The Morgan fingerprint density at radius 3 is 2.56 bits per heavy atom. The number of hydrogen-bond acceptors (Lipinski definition) is 5. The zero-order valence-electron chi connectivity index (χ0n) is 18.2. The molecule has 0 saturated heterocycles. The molecule has 0 unspecified atom stereocenters. The van der Waals surface area contributed by atoms with Gasteiger partial charge in [0.2, 0.25) is 0 Å². The van der Waals surface area contributed by atoms with Crippen LogP contribution in [0.15, 0.2) is 23.3 Å². The Labute approximate surface area is 183 Å². The minimum atomic E-state index is -4.50. The van der Waals surface area contributed by atoms with Crippen LogP contribution in [-0.4, -0.2) is 38.1 Å². The Kier molecular flexibility index (Phi) is 5.29. The van der Waals surface area contributed by atoms with E-state index in [0.29, 0.717) is 54.9 Å². The van der Waals surface area contributed by atoms with Gasteiger partial charge in [0.05, 0.1) is 28.8 Å². The number of fused-ring (bicyclic) bond motifs is 1. The summed E-state index contributed by atoms with van der Waals surface area (Å²) in [5.41, 5.74) is -1.30. The van der Waals surface area contributed by atoms with Crippen molar-refractivity contribution in [3.63, 3.8) is 0 Å². The molecule has 1 saturated carbocycles. The molecule has 1 N–H and O–H groups in total. The fourth-order valence-electron chi connectivity index (χ4n) is 3.97. The second kappa shape index (κ2) is 7.60. The van der Waals surface area contributed by atoms with E-state index < -0.39 is 28.8 Å². The van der Waals surface area contributed by atoms with Gasteiger partial charge in [-0.3, -0.25) is 9.78 Å². The zero-order valence-corrected chi connectivity index (χ0v) is 18.2. The molecule has 172 valence electrons. The van der Waals surface area contributed by atoms with E-state index >= 15 is 0 Å². The number of H-pyrrole nitrogens is 1. The quantitative estimate of drug-likeness (QED) is 0.749. The molecule has 0 radical (unpaired) electrons. The van der Waals surface area contributed by atoms with Gasteiger partial charge >= 0.3 is 12.3 Å². The van der Waals surface area contributed by atoms with Gasteiger partial charge in [0.1, 0.15) is 11.4 Å². The Balaban J connectivity index is 1.66. The highest BCUT2D eigenvalue weighted by Crippen LogP contribution is 2.52. The molecular weight excluding hydrogens is 425 g/mol. The van der Waals surface area contributed by atoms with Crippen molar-refractivity contribution in [2.75, 3.05) is 6.54 Å². The number of hydrogen-bond donors (Lipinski definition) is 1. The monoisotopic (exact) mass is 450 g/mol. The molecule has 2 aliphatic rings. The van der Waals surface area contributed by atoms with E-state index in [4.69, 9.17) is 4.74 Å². The summed E-state index contributed by atoms with van der Waals surface area (Å²) in [7, 11) is 0. The van der Waals surface area contributed by atoms with Gasteiger partial charge < -0.3 is 14.6 Å². The van der Waals surface area contributed by atoms with Crippen LogP contribution in [0.2, 0.25) is 0 Å². The molecule has 4 rings (SSSR count). The SMILES string of the molecule is CC(C)(C)OC(=O)N1CCCc2nc(C3(c4cncc(C(F)(F)F)c4)CC3)[nH]c(=O)c2C1. The highest BCUT2D eigenvalue weighted by molar-refractivity contribution is 5.68. The number of nitrogens with zero attached hydrogens (tertiary/aromatic N) is 3. The first-order valence-electron chi connectivity index (χ1n) is 10.5. The molecule has 3 heterocycles. The number of aryl methyl sites for hydroxylation is 1. The lowest BCUT2D eigenvalue weighted by Gasteiger charge is -2.26. The van der Waals surface area contributed by atoms with Gasteiger partial charge in [-0.25, -0.2) is 9.78 Å². The van der Waals surface area contributed by atoms with Crippen molar-refractivity contribution < 1.29 is 22.7 Å². The number of amides is 1. The van der Waals surface area contributed by atoms with Crippen molar-refractivity contribution in [2.24, 2.45) is 0 Å². The maximum atomic E-state index is 13.2. The second-order valence-electron chi connectivity index (χ2n) is 9.39. The number of carbonyl (C=O) groups excluding carboxylic acids is 1. The van der Waals surface area contributed by atoms with Gasteiger partial charge in [-0.15, -0.1) is 0 Å². The summed E-state index contributed by atoms with van der Waals surface area (Å²) < 4.78 is 44.9. The molecule has 1 aliphatic heterocycles. The number of rotatable bonds is 2. The lowest BCUT2D eigenvalue weighted by atomic mass is 9.95. The highest BCUT2D eigenvalue weighted by atomic mass is 19.4. The molecule has 0 spiro atoms. The molecule has 32 heavy (non-hydrogen) atoms.